The van der Waals surface area contributed by atoms with Gasteiger partial charge < -0.3 is 11.5 Å². The Kier molecular flexibility index (Phi) is 3.16. The van der Waals surface area contributed by atoms with Crippen LogP contribution in [0.4, 0.5) is 20.3 Å². The summed E-state index contributed by atoms with van der Waals surface area (Å²) in [5, 5.41) is 1.48. The molecule has 0 aliphatic heterocycles. The zero-order chi connectivity index (χ0) is 15.9. The van der Waals surface area contributed by atoms with Gasteiger partial charge in [0.1, 0.15) is 5.82 Å². The molecule has 1 aromatic carbocycles. The predicted molar refractivity (Wildman–Crippen MR) is 83.4 cm³/mol. The Bertz CT molecular complexity index is 856. The molecule has 0 spiro atoms. The van der Waals surface area contributed by atoms with Crippen LogP contribution in [0.25, 0.3) is 21.9 Å². The zero-order valence-electron chi connectivity index (χ0n) is 11.8. The van der Waals surface area contributed by atoms with E-state index in [0.29, 0.717) is 22.6 Å². The van der Waals surface area contributed by atoms with E-state index in [2.05, 4.69) is 9.97 Å². The molecule has 2 aromatic heterocycles. The molecule has 4 nitrogen and oxygen atoms in total. The molecule has 4 N–H and O–H groups in total. The fraction of sp³-hybridized carbons (Fsp3) is 0.125. The molecule has 0 unspecified atom stereocenters. The standard InChI is InChI=1S/C16H14F2N4/c1-16(17,18)13-2-3-21-7-11(13)9-4-10-6-15(20)22-8-12(10)14(19)5-9/h2-8H,19H2,1H3,(H2,20,22). The lowest BCUT2D eigenvalue weighted by Gasteiger charge is -2.16. The summed E-state index contributed by atoms with van der Waals surface area (Å²) in [5.74, 6) is -2.63. The summed E-state index contributed by atoms with van der Waals surface area (Å²) in [6, 6.07) is 6.38. The van der Waals surface area contributed by atoms with Crippen molar-refractivity contribution < 1.29 is 8.78 Å². The average Bonchev–Trinajstić information content (AvgIpc) is 2.45. The number of halogens is 2. The first kappa shape index (κ1) is 14.2. The Morgan fingerprint density at radius 1 is 1.09 bits per heavy atom. The van der Waals surface area contributed by atoms with Crippen molar-refractivity contribution in [2.24, 2.45) is 0 Å². The van der Waals surface area contributed by atoms with Gasteiger partial charge in [-0.3, -0.25) is 4.98 Å². The van der Waals surface area contributed by atoms with Crippen molar-refractivity contribution in [1.82, 2.24) is 9.97 Å². The minimum Gasteiger partial charge on any atom is -0.398 e. The first-order chi connectivity index (χ1) is 10.4. The summed E-state index contributed by atoms with van der Waals surface area (Å²) in [4.78, 5) is 7.94. The van der Waals surface area contributed by atoms with Gasteiger partial charge in [-0.15, -0.1) is 0 Å². The Morgan fingerprint density at radius 3 is 2.59 bits per heavy atom. The second kappa shape index (κ2) is 4.91. The van der Waals surface area contributed by atoms with Crippen molar-refractivity contribution in [2.75, 3.05) is 11.5 Å². The van der Waals surface area contributed by atoms with Gasteiger partial charge in [-0.25, -0.2) is 13.8 Å². The van der Waals surface area contributed by atoms with Crippen molar-refractivity contribution in [3.05, 3.63) is 48.4 Å². The molecule has 3 rings (SSSR count). The highest BCUT2D eigenvalue weighted by molar-refractivity contribution is 5.97. The lowest BCUT2D eigenvalue weighted by atomic mass is 9.96. The molecule has 112 valence electrons. The number of hydrogen-bond donors (Lipinski definition) is 2. The van der Waals surface area contributed by atoms with Crippen molar-refractivity contribution in [3.8, 4) is 11.1 Å². The molecule has 0 aliphatic rings. The quantitative estimate of drug-likeness (QED) is 0.709. The molecule has 0 aliphatic carbocycles. The van der Waals surface area contributed by atoms with Gasteiger partial charge in [0.2, 0.25) is 0 Å². The van der Waals surface area contributed by atoms with E-state index in [1.54, 1.807) is 24.4 Å². The highest BCUT2D eigenvalue weighted by atomic mass is 19.3. The molecular formula is C16H14F2N4. The largest absolute Gasteiger partial charge is 0.398 e. The third-order valence-electron chi connectivity index (χ3n) is 3.50. The molecule has 0 fully saturated rings. The van der Waals surface area contributed by atoms with Crippen LogP contribution in [0, 0.1) is 0 Å². The maximum atomic E-state index is 13.8. The van der Waals surface area contributed by atoms with Crippen LogP contribution < -0.4 is 11.5 Å². The number of anilines is 2. The topological polar surface area (TPSA) is 77.8 Å². The van der Waals surface area contributed by atoms with Gasteiger partial charge in [0.05, 0.1) is 0 Å². The molecule has 0 radical (unpaired) electrons. The highest BCUT2D eigenvalue weighted by Crippen LogP contribution is 2.37. The molecule has 0 bridgehead atoms. The van der Waals surface area contributed by atoms with Crippen LogP contribution in [0.3, 0.4) is 0 Å². The van der Waals surface area contributed by atoms with E-state index in [1.807, 2.05) is 0 Å². The van der Waals surface area contributed by atoms with Gasteiger partial charge in [-0.2, -0.15) is 0 Å². The zero-order valence-corrected chi connectivity index (χ0v) is 11.8. The summed E-state index contributed by atoms with van der Waals surface area (Å²) in [7, 11) is 0. The van der Waals surface area contributed by atoms with Crippen LogP contribution in [0.15, 0.2) is 42.9 Å². The van der Waals surface area contributed by atoms with E-state index in [9.17, 15) is 8.78 Å². The van der Waals surface area contributed by atoms with Gasteiger partial charge >= 0.3 is 0 Å². The van der Waals surface area contributed by atoms with Gasteiger partial charge in [0, 0.05) is 47.7 Å². The number of aromatic nitrogens is 2. The monoisotopic (exact) mass is 300 g/mol. The minimum absolute atomic E-state index is 0.0942. The predicted octanol–water partition coefficient (Wildman–Crippen LogP) is 3.57. The van der Waals surface area contributed by atoms with Crippen molar-refractivity contribution in [2.45, 2.75) is 12.8 Å². The van der Waals surface area contributed by atoms with Crippen LogP contribution in [0.1, 0.15) is 12.5 Å². The molecule has 0 amide bonds. The van der Waals surface area contributed by atoms with Gasteiger partial charge in [0.15, 0.2) is 0 Å². The molecule has 22 heavy (non-hydrogen) atoms. The number of alkyl halides is 2. The lowest BCUT2D eigenvalue weighted by molar-refractivity contribution is 0.0180. The smallest absolute Gasteiger partial charge is 0.271 e. The number of nitrogens with two attached hydrogens (primary N) is 2. The van der Waals surface area contributed by atoms with Crippen molar-refractivity contribution >= 4 is 22.3 Å². The lowest BCUT2D eigenvalue weighted by Crippen LogP contribution is -2.09. The number of nitrogen functional groups attached to an aromatic ring is 2. The maximum absolute atomic E-state index is 13.8. The van der Waals surface area contributed by atoms with E-state index in [-0.39, 0.29) is 5.56 Å². The minimum atomic E-state index is -2.97. The summed E-state index contributed by atoms with van der Waals surface area (Å²) in [6.07, 6.45) is 4.34. The molecule has 2 heterocycles. The molecular weight excluding hydrogens is 286 g/mol. The van der Waals surface area contributed by atoms with Gasteiger partial charge in [0.25, 0.3) is 5.92 Å². The molecule has 3 aromatic rings. The van der Waals surface area contributed by atoms with Crippen LogP contribution in [-0.4, -0.2) is 9.97 Å². The summed E-state index contributed by atoms with van der Waals surface area (Å²) in [5.41, 5.74) is 13.0. The van der Waals surface area contributed by atoms with Crippen molar-refractivity contribution in [1.29, 1.82) is 0 Å². The number of benzene rings is 1. The summed E-state index contributed by atoms with van der Waals surface area (Å²) >= 11 is 0. The fourth-order valence-electron chi connectivity index (χ4n) is 2.47. The normalized spacial score (nSPS) is 11.8. The highest BCUT2D eigenvalue weighted by Gasteiger charge is 2.28. The van der Waals surface area contributed by atoms with E-state index in [4.69, 9.17) is 11.5 Å². The van der Waals surface area contributed by atoms with E-state index >= 15 is 0 Å². The Labute approximate surface area is 125 Å². The first-order valence-electron chi connectivity index (χ1n) is 6.63. The number of hydrogen-bond acceptors (Lipinski definition) is 4. The molecule has 0 saturated heterocycles. The third-order valence-corrected chi connectivity index (χ3v) is 3.50. The average molecular weight is 300 g/mol. The molecule has 0 saturated carbocycles. The fourth-order valence-corrected chi connectivity index (χ4v) is 2.47. The Morgan fingerprint density at radius 2 is 1.86 bits per heavy atom. The number of fused-ring (bicyclic) bond motifs is 1. The third kappa shape index (κ3) is 2.43. The van der Waals surface area contributed by atoms with Gasteiger partial charge in [-0.05, 0) is 35.2 Å². The second-order valence-corrected chi connectivity index (χ2v) is 5.21. The van der Waals surface area contributed by atoms with Crippen molar-refractivity contribution in [3.63, 3.8) is 0 Å². The number of nitrogens with zero attached hydrogens (tertiary/aromatic N) is 2. The first-order valence-corrected chi connectivity index (χ1v) is 6.63. The Balaban J connectivity index is 2.28. The van der Waals surface area contributed by atoms with Crippen LogP contribution in [0.2, 0.25) is 0 Å². The van der Waals surface area contributed by atoms with Crippen LogP contribution in [0.5, 0.6) is 0 Å². The van der Waals surface area contributed by atoms with Gasteiger partial charge in [-0.1, -0.05) is 0 Å². The summed E-state index contributed by atoms with van der Waals surface area (Å²) in [6.45, 7) is 0.859. The van der Waals surface area contributed by atoms with Crippen LogP contribution >= 0.6 is 0 Å². The summed E-state index contributed by atoms with van der Waals surface area (Å²) < 4.78 is 27.6. The van der Waals surface area contributed by atoms with E-state index in [1.165, 1.54) is 18.5 Å². The number of pyridine rings is 2. The maximum Gasteiger partial charge on any atom is 0.271 e. The van der Waals surface area contributed by atoms with Crippen LogP contribution in [-0.2, 0) is 5.92 Å². The Hall–Kier alpha value is -2.76. The molecule has 0 atom stereocenters. The van der Waals surface area contributed by atoms with E-state index in [0.717, 1.165) is 17.7 Å². The van der Waals surface area contributed by atoms with E-state index < -0.39 is 5.92 Å². The molecule has 6 heteroatoms. The number of rotatable bonds is 2. The second-order valence-electron chi connectivity index (χ2n) is 5.21. The SMILES string of the molecule is CC(F)(F)c1ccncc1-c1cc(N)c2cnc(N)cc2c1.